The monoisotopic (exact) mass is 1350 g/mol. The van der Waals surface area contributed by atoms with Crippen LogP contribution < -0.4 is 4.74 Å². The van der Waals surface area contributed by atoms with Crippen LogP contribution in [0.2, 0.25) is 0 Å². The van der Waals surface area contributed by atoms with E-state index in [0.29, 0.717) is 102 Å². The molecule has 3 saturated carbocycles. The van der Waals surface area contributed by atoms with Gasteiger partial charge in [0, 0.05) is 50.4 Å². The van der Waals surface area contributed by atoms with E-state index in [1.807, 2.05) is 81.5 Å². The van der Waals surface area contributed by atoms with E-state index in [1.54, 1.807) is 26.0 Å². The number of Topliss-reactive ketones (excluding diaryl/α,β-unsaturated/α-hetero) is 1. The number of aliphatic hydroxyl groups is 9. The molecule has 9 N–H and O–H groups in total. The Hall–Kier alpha value is -5.80. The van der Waals surface area contributed by atoms with E-state index in [2.05, 4.69) is 42.5 Å². The Morgan fingerprint density at radius 3 is 1.46 bits per heavy atom. The van der Waals surface area contributed by atoms with Gasteiger partial charge in [-0.2, -0.15) is 13.2 Å². The number of aliphatic hydroxyl groups excluding tert-OH is 9. The molecule has 3 aliphatic carbocycles. The van der Waals surface area contributed by atoms with Crippen molar-refractivity contribution in [1.82, 2.24) is 0 Å². The summed E-state index contributed by atoms with van der Waals surface area (Å²) in [6, 6.07) is 24.6. The van der Waals surface area contributed by atoms with Gasteiger partial charge in [-0.25, -0.2) is 0 Å². The van der Waals surface area contributed by atoms with Crippen LogP contribution in [0.15, 0.2) is 146 Å². The van der Waals surface area contributed by atoms with Crippen molar-refractivity contribution in [2.75, 3.05) is 6.61 Å². The molecule has 3 aromatic carbocycles. The average molecular weight is 1350 g/mol. The number of halogens is 3. The molecule has 0 aromatic heterocycles. The van der Waals surface area contributed by atoms with E-state index >= 15 is 0 Å². The lowest BCUT2D eigenvalue weighted by atomic mass is 9.85. The summed E-state index contributed by atoms with van der Waals surface area (Å²) < 4.78 is 53.9. The summed E-state index contributed by atoms with van der Waals surface area (Å²) in [4.78, 5) is 34.6. The largest absolute Gasteiger partial charge is 0.491 e. The Morgan fingerprint density at radius 2 is 0.969 bits per heavy atom. The fourth-order valence-corrected chi connectivity index (χ4v) is 12.7. The van der Waals surface area contributed by atoms with Gasteiger partial charge in [0.25, 0.3) is 0 Å². The van der Waals surface area contributed by atoms with Crippen molar-refractivity contribution in [2.45, 2.75) is 256 Å². The maximum atomic E-state index is 12.8. The number of aryl methyl sites for hydroxylation is 2. The molecular weight excluding hydrogens is 1230 g/mol. The summed E-state index contributed by atoms with van der Waals surface area (Å²) in [7, 11) is 0. The van der Waals surface area contributed by atoms with Gasteiger partial charge in [0.05, 0.1) is 66.6 Å². The highest BCUT2D eigenvalue weighted by Gasteiger charge is 2.42. The van der Waals surface area contributed by atoms with Gasteiger partial charge in [0.15, 0.2) is 0 Å². The molecule has 0 unspecified atom stereocenters. The van der Waals surface area contributed by atoms with Gasteiger partial charge in [0.1, 0.15) is 24.2 Å². The number of benzene rings is 3. The molecule has 0 aliphatic heterocycles. The van der Waals surface area contributed by atoms with Crippen molar-refractivity contribution >= 4 is 17.7 Å². The molecule has 0 radical (unpaired) electrons. The normalized spacial score (nSPS) is 24.6. The lowest BCUT2D eigenvalue weighted by Gasteiger charge is -2.23. The minimum Gasteiger partial charge on any atom is -0.491 e. The molecule has 0 amide bonds. The number of hydrogen-bond acceptors (Lipinski definition) is 15. The molecule has 3 aliphatic rings. The zero-order valence-electron chi connectivity index (χ0n) is 57.3. The predicted octanol–water partition coefficient (Wildman–Crippen LogP) is 13.0. The van der Waals surface area contributed by atoms with Crippen LogP contribution in [0.3, 0.4) is 0 Å². The zero-order valence-corrected chi connectivity index (χ0v) is 57.3. The Balaban J connectivity index is 0.000000307. The van der Waals surface area contributed by atoms with Gasteiger partial charge < -0.3 is 60.2 Å². The van der Waals surface area contributed by atoms with Crippen molar-refractivity contribution in [3.8, 4) is 5.75 Å². The Labute approximate surface area is 568 Å². The summed E-state index contributed by atoms with van der Waals surface area (Å²) in [6.45, 7) is 9.05. The fourth-order valence-electron chi connectivity index (χ4n) is 12.7. The van der Waals surface area contributed by atoms with Crippen LogP contribution in [0.5, 0.6) is 5.75 Å². The van der Waals surface area contributed by atoms with E-state index in [0.717, 1.165) is 57.1 Å². The Bertz CT molecular complexity index is 2770. The molecule has 0 saturated heterocycles. The highest BCUT2D eigenvalue weighted by molar-refractivity contribution is 5.78. The molecule has 96 heavy (non-hydrogen) atoms. The molecular formula is C78H113F3O15. The van der Waals surface area contributed by atoms with Crippen LogP contribution in [0, 0.1) is 35.5 Å². The second kappa shape index (κ2) is 45.7. The quantitative estimate of drug-likeness (QED) is 0.0147. The molecule has 18 heteroatoms. The number of ketones is 1. The number of alkyl halides is 3. The van der Waals surface area contributed by atoms with Crippen LogP contribution in [-0.4, -0.2) is 137 Å². The highest BCUT2D eigenvalue weighted by Crippen LogP contribution is 2.40. The minimum atomic E-state index is -4.49. The lowest BCUT2D eigenvalue weighted by Crippen LogP contribution is -2.23. The minimum absolute atomic E-state index is 0.00652. The van der Waals surface area contributed by atoms with E-state index < -0.39 is 66.7 Å². The third-order valence-corrected chi connectivity index (χ3v) is 17.9. The number of carbonyl (C=O) groups is 3. The summed E-state index contributed by atoms with van der Waals surface area (Å²) in [5.74, 6) is -0.894. The van der Waals surface area contributed by atoms with Crippen molar-refractivity contribution < 1.29 is 87.7 Å². The Kier molecular flexibility index (Phi) is 39.3. The van der Waals surface area contributed by atoms with E-state index in [9.17, 15) is 73.5 Å². The number of carbonyl (C=O) groups excluding carboxylic acids is 3. The summed E-state index contributed by atoms with van der Waals surface area (Å²) in [5, 5.41) is 93.0. The number of esters is 2. The van der Waals surface area contributed by atoms with Gasteiger partial charge >= 0.3 is 18.1 Å². The standard InChI is InChI=1S/C26H35F3O6.C26H40O5.C26H38O4/c1-17(2)35-25(33)11-6-4-3-5-10-21-22(24(32)15-23(21)31)13-12-19(30)16-34-20-9-7-8-18(14-20)26(27,28)29;1-19(2)31-26(30)13-9-4-3-8-12-22-23(25(29)18-24(22)28)17-16-21(27)15-14-20-10-6-5-7-11-20;1-2-10-21(27)13-8-3-4-9-14-23-24(26(30)19-25(23)29)18-17-22(28)16-15-20-11-6-5-7-12-20/h3,5,7-9,12-14,17,19,21-24,30-32H,4,6,10-11,15-16H2,1-2H3;3,5-8,10-11,19,21-25,27-29H,4,9,12-18H2,1-2H3;4-7,9,11-12,17-18,22-26,28-30H,2-3,8,10,13-16,19H2,1H3/b5-3-,13-12+;8-3-;9-4-,18-17+/t19-,21-,22-,23+,24-;21-,22+,23+,24-,25+;22-,23+,24+,25-,26+/m100/s1. The highest BCUT2D eigenvalue weighted by atomic mass is 19.4. The smallest absolute Gasteiger partial charge is 0.416 e. The average Bonchev–Trinajstić information content (AvgIpc) is 1.68. The summed E-state index contributed by atoms with van der Waals surface area (Å²) in [6.07, 6.45) is 23.2. The maximum Gasteiger partial charge on any atom is 0.416 e. The van der Waals surface area contributed by atoms with Crippen LogP contribution in [0.1, 0.15) is 186 Å². The second-order valence-corrected chi connectivity index (χ2v) is 26.6. The predicted molar refractivity (Wildman–Crippen MR) is 368 cm³/mol. The number of ether oxygens (including phenoxy) is 3. The van der Waals surface area contributed by atoms with Crippen molar-refractivity contribution in [3.05, 3.63) is 162 Å². The van der Waals surface area contributed by atoms with Crippen LogP contribution in [0.4, 0.5) is 13.2 Å². The molecule has 3 aromatic rings. The molecule has 6 rings (SSSR count). The molecule has 536 valence electrons. The van der Waals surface area contributed by atoms with Gasteiger partial charge in [-0.05, 0) is 190 Å². The number of hydrogen-bond donors (Lipinski definition) is 9. The summed E-state index contributed by atoms with van der Waals surface area (Å²) in [5.41, 5.74) is 1.58. The maximum absolute atomic E-state index is 12.8. The Morgan fingerprint density at radius 1 is 0.521 bits per heavy atom. The second-order valence-electron chi connectivity index (χ2n) is 26.6. The van der Waals surface area contributed by atoms with Gasteiger partial charge in [-0.3, -0.25) is 14.4 Å². The third-order valence-electron chi connectivity index (χ3n) is 17.9. The first-order chi connectivity index (χ1) is 45.8. The molecule has 0 heterocycles. The SMILES string of the molecule is CC(C)OC(=O)CCC/C=C\C[C@@H]1[C@@H](/C=C/[C@@H](O)COc2cccc(C(F)(F)F)c2)[C@H](O)C[C@@H]1O.CC(C)OC(=O)CCC/C=C\C[C@@H]1[C@@H](CC[C@@H](O)CCc2ccccc2)[C@H](O)C[C@@H]1O.CCCC(=O)CCC/C=C\C[C@@H]1[C@@H](/C=C/[C@@H](O)CCc2ccccc2)[C@H](O)C[C@@H]1O. The molecule has 15 atom stereocenters. The molecule has 15 nitrogen and oxygen atoms in total. The van der Waals surface area contributed by atoms with Gasteiger partial charge in [-0.1, -0.05) is 134 Å². The first-order valence-corrected chi connectivity index (χ1v) is 35.1. The van der Waals surface area contributed by atoms with Crippen molar-refractivity contribution in [2.24, 2.45) is 35.5 Å². The van der Waals surface area contributed by atoms with Crippen LogP contribution in [-0.2, 0) is 42.9 Å². The first-order valence-electron chi connectivity index (χ1n) is 35.1. The lowest BCUT2D eigenvalue weighted by molar-refractivity contribution is -0.148. The van der Waals surface area contributed by atoms with Crippen molar-refractivity contribution in [1.29, 1.82) is 0 Å². The van der Waals surface area contributed by atoms with E-state index in [-0.39, 0.29) is 78.4 Å². The van der Waals surface area contributed by atoms with Gasteiger partial charge in [0.2, 0.25) is 0 Å². The first kappa shape index (κ1) is 82.6. The molecule has 3 fully saturated rings. The number of allylic oxidation sites excluding steroid dienone is 6. The van der Waals surface area contributed by atoms with Crippen LogP contribution in [0.25, 0.3) is 0 Å². The van der Waals surface area contributed by atoms with Crippen molar-refractivity contribution in [3.63, 3.8) is 0 Å². The van der Waals surface area contributed by atoms with E-state index in [4.69, 9.17) is 14.2 Å². The third kappa shape index (κ3) is 33.2. The zero-order chi connectivity index (χ0) is 70.4. The topological polar surface area (TPSA) is 261 Å². The fraction of sp³-hybridized carbons (Fsp3) is 0.603. The number of unbranched alkanes of at least 4 members (excludes halogenated alkanes) is 3. The van der Waals surface area contributed by atoms with Gasteiger partial charge in [-0.15, -0.1) is 0 Å². The summed E-state index contributed by atoms with van der Waals surface area (Å²) >= 11 is 0. The number of rotatable bonds is 38. The van der Waals surface area contributed by atoms with E-state index in [1.165, 1.54) is 29.3 Å². The molecule has 0 spiro atoms. The molecule has 0 bridgehead atoms. The van der Waals surface area contributed by atoms with Crippen LogP contribution >= 0.6 is 0 Å².